The summed E-state index contributed by atoms with van der Waals surface area (Å²) < 4.78 is 58.3. The Bertz CT molecular complexity index is 1290. The molecule has 34 heavy (non-hydrogen) atoms. The molecular weight excluding hydrogens is 531 g/mol. The lowest BCUT2D eigenvalue weighted by molar-refractivity contribution is -0.114. The van der Waals surface area contributed by atoms with Gasteiger partial charge in [0.2, 0.25) is 5.91 Å². The number of ether oxygens (including phenoxy) is 3. The summed E-state index contributed by atoms with van der Waals surface area (Å²) in [7, 11) is 0.0554. The van der Waals surface area contributed by atoms with Crippen molar-refractivity contribution < 1.29 is 31.8 Å². The first kappa shape index (κ1) is 25.3. The molecule has 1 N–H and O–H groups in total. The molecule has 0 radical (unpaired) electrons. The Morgan fingerprint density at radius 3 is 2.21 bits per heavy atom. The van der Waals surface area contributed by atoms with Crippen LogP contribution in [0.1, 0.15) is 0 Å². The van der Waals surface area contributed by atoms with Gasteiger partial charge < -0.3 is 19.5 Å². The fraction of sp³-hybridized carbons (Fsp3) is 0.174. The van der Waals surface area contributed by atoms with Crippen molar-refractivity contribution in [3.8, 4) is 17.2 Å². The van der Waals surface area contributed by atoms with Crippen LogP contribution in [0.3, 0.4) is 0 Å². The van der Waals surface area contributed by atoms with Crippen molar-refractivity contribution in [1.82, 2.24) is 0 Å². The van der Waals surface area contributed by atoms with E-state index in [4.69, 9.17) is 14.2 Å². The lowest BCUT2D eigenvalue weighted by Gasteiger charge is -2.24. The predicted octanol–water partition coefficient (Wildman–Crippen LogP) is 4.45. The van der Waals surface area contributed by atoms with Crippen molar-refractivity contribution in [1.29, 1.82) is 0 Å². The van der Waals surface area contributed by atoms with E-state index in [0.717, 1.165) is 4.31 Å². The highest BCUT2D eigenvalue weighted by Gasteiger charge is 2.28. The highest BCUT2D eigenvalue weighted by Crippen LogP contribution is 2.32. The number of rotatable bonds is 9. The number of nitrogens with zero attached hydrogens (tertiary/aromatic N) is 1. The molecule has 0 unspecified atom stereocenters. The first-order valence-corrected chi connectivity index (χ1v) is 12.1. The second-order valence-electron chi connectivity index (χ2n) is 6.90. The molecule has 3 rings (SSSR count). The molecule has 3 aromatic rings. The summed E-state index contributed by atoms with van der Waals surface area (Å²) in [6.07, 6.45) is 0. The average molecular weight is 553 g/mol. The maximum absolute atomic E-state index is 14.2. The van der Waals surface area contributed by atoms with Crippen LogP contribution >= 0.6 is 15.9 Å². The van der Waals surface area contributed by atoms with Gasteiger partial charge in [0, 0.05) is 10.5 Å². The van der Waals surface area contributed by atoms with Crippen LogP contribution in [-0.2, 0) is 14.8 Å². The summed E-state index contributed by atoms with van der Waals surface area (Å²) in [5.74, 6) is -0.336. The lowest BCUT2D eigenvalue weighted by atomic mass is 10.3. The van der Waals surface area contributed by atoms with E-state index >= 15 is 0 Å². The second kappa shape index (κ2) is 10.7. The normalized spacial score (nSPS) is 11.0. The molecule has 0 heterocycles. The highest BCUT2D eigenvalue weighted by atomic mass is 79.9. The van der Waals surface area contributed by atoms with Crippen LogP contribution < -0.4 is 23.8 Å². The van der Waals surface area contributed by atoms with Gasteiger partial charge in [0.1, 0.15) is 18.1 Å². The Balaban J connectivity index is 2.00. The molecular formula is C23H22BrFN2O6S. The first-order chi connectivity index (χ1) is 16.2. The van der Waals surface area contributed by atoms with Gasteiger partial charge in [0.25, 0.3) is 10.0 Å². The molecule has 0 aliphatic carbocycles. The number of amides is 1. The van der Waals surface area contributed by atoms with Crippen LogP contribution in [0.5, 0.6) is 17.2 Å². The Morgan fingerprint density at radius 2 is 1.62 bits per heavy atom. The summed E-state index contributed by atoms with van der Waals surface area (Å²) in [5, 5.41) is 2.41. The molecule has 0 saturated heterocycles. The maximum atomic E-state index is 14.2. The summed E-state index contributed by atoms with van der Waals surface area (Å²) in [4.78, 5) is 12.7. The molecule has 11 heteroatoms. The molecule has 3 aromatic carbocycles. The minimum Gasteiger partial charge on any atom is -0.497 e. The Hall–Kier alpha value is -3.31. The van der Waals surface area contributed by atoms with E-state index in [-0.39, 0.29) is 22.0 Å². The molecule has 180 valence electrons. The topological polar surface area (TPSA) is 94.2 Å². The van der Waals surface area contributed by atoms with Crippen molar-refractivity contribution in [3.63, 3.8) is 0 Å². The number of carbonyl (C=O) groups excluding carboxylic acids is 1. The molecule has 0 saturated carbocycles. The van der Waals surface area contributed by atoms with Crippen LogP contribution in [0.4, 0.5) is 15.8 Å². The zero-order chi connectivity index (χ0) is 24.9. The first-order valence-electron chi connectivity index (χ1n) is 9.83. The minimum absolute atomic E-state index is 0.0774. The van der Waals surface area contributed by atoms with Gasteiger partial charge in [-0.15, -0.1) is 0 Å². The molecule has 1 amide bonds. The number of methoxy groups -OCH3 is 3. The van der Waals surface area contributed by atoms with E-state index in [0.29, 0.717) is 16.0 Å². The smallest absolute Gasteiger partial charge is 0.264 e. The monoisotopic (exact) mass is 552 g/mol. The van der Waals surface area contributed by atoms with Gasteiger partial charge in [-0.25, -0.2) is 12.8 Å². The van der Waals surface area contributed by atoms with Crippen molar-refractivity contribution in [2.24, 2.45) is 0 Å². The molecule has 0 aliphatic rings. The number of benzene rings is 3. The van der Waals surface area contributed by atoms with Crippen LogP contribution in [0.15, 0.2) is 70.0 Å². The molecule has 0 fully saturated rings. The zero-order valence-corrected chi connectivity index (χ0v) is 20.9. The number of hydrogen-bond acceptors (Lipinski definition) is 6. The number of nitrogens with one attached hydrogen (secondary N) is 1. The van der Waals surface area contributed by atoms with Gasteiger partial charge in [-0.2, -0.15) is 0 Å². The van der Waals surface area contributed by atoms with Gasteiger partial charge >= 0.3 is 0 Å². The molecule has 0 bridgehead atoms. The fourth-order valence-corrected chi connectivity index (χ4v) is 4.85. The van der Waals surface area contributed by atoms with Gasteiger partial charge in [0.15, 0.2) is 11.5 Å². The second-order valence-corrected chi connectivity index (χ2v) is 9.68. The van der Waals surface area contributed by atoms with E-state index < -0.39 is 28.3 Å². The number of halogens is 2. The summed E-state index contributed by atoms with van der Waals surface area (Å²) in [6, 6.07) is 14.4. The summed E-state index contributed by atoms with van der Waals surface area (Å²) in [6.45, 7) is -0.613. The Labute approximate surface area is 205 Å². The van der Waals surface area contributed by atoms with Gasteiger partial charge in [0.05, 0.1) is 37.6 Å². The van der Waals surface area contributed by atoms with Crippen molar-refractivity contribution >= 4 is 43.2 Å². The largest absolute Gasteiger partial charge is 0.497 e. The quantitative estimate of drug-likeness (QED) is 0.421. The van der Waals surface area contributed by atoms with Gasteiger partial charge in [-0.1, -0.05) is 15.9 Å². The standard InChI is InChI=1S/C23H22BrFN2O6S/c1-31-17-7-5-16(6-8-17)27(14-23(28)26-20-10-4-15(24)12-19(20)25)34(29,30)18-9-11-21(32-2)22(13-18)33-3/h4-13H,14H2,1-3H3,(H,26,28). The average Bonchev–Trinajstić information content (AvgIpc) is 2.83. The molecule has 0 atom stereocenters. The SMILES string of the molecule is COc1ccc(N(CC(=O)Nc2ccc(Br)cc2F)S(=O)(=O)c2ccc(OC)c(OC)c2)cc1. The van der Waals surface area contributed by atoms with Crippen LogP contribution in [0.2, 0.25) is 0 Å². The Kier molecular flexibility index (Phi) is 8.00. The summed E-state index contributed by atoms with van der Waals surface area (Å²) >= 11 is 3.15. The highest BCUT2D eigenvalue weighted by molar-refractivity contribution is 9.10. The third kappa shape index (κ3) is 5.60. The Morgan fingerprint density at radius 1 is 0.941 bits per heavy atom. The van der Waals surface area contributed by atoms with Crippen molar-refractivity contribution in [2.45, 2.75) is 4.90 Å². The molecule has 0 aromatic heterocycles. The molecule has 8 nitrogen and oxygen atoms in total. The third-order valence-electron chi connectivity index (χ3n) is 4.80. The van der Waals surface area contributed by atoms with Crippen LogP contribution in [-0.4, -0.2) is 42.2 Å². The molecule has 0 spiro atoms. The van der Waals surface area contributed by atoms with E-state index in [1.165, 1.54) is 63.8 Å². The van der Waals surface area contributed by atoms with Gasteiger partial charge in [-0.3, -0.25) is 9.10 Å². The van der Waals surface area contributed by atoms with Crippen molar-refractivity contribution in [2.75, 3.05) is 37.5 Å². The van der Waals surface area contributed by atoms with E-state index in [1.54, 1.807) is 18.2 Å². The van der Waals surface area contributed by atoms with Crippen LogP contribution in [0, 0.1) is 5.82 Å². The van der Waals surface area contributed by atoms with E-state index in [1.807, 2.05) is 0 Å². The zero-order valence-electron chi connectivity index (χ0n) is 18.5. The summed E-state index contributed by atoms with van der Waals surface area (Å²) in [5.41, 5.74) is 0.133. The maximum Gasteiger partial charge on any atom is 0.264 e. The number of anilines is 2. The number of hydrogen-bond donors (Lipinski definition) is 1. The van der Waals surface area contributed by atoms with Gasteiger partial charge in [-0.05, 0) is 54.6 Å². The predicted molar refractivity (Wildman–Crippen MR) is 130 cm³/mol. The third-order valence-corrected chi connectivity index (χ3v) is 7.06. The fourth-order valence-electron chi connectivity index (χ4n) is 3.08. The van der Waals surface area contributed by atoms with E-state index in [9.17, 15) is 17.6 Å². The minimum atomic E-state index is -4.24. The number of sulfonamides is 1. The van der Waals surface area contributed by atoms with E-state index in [2.05, 4.69) is 21.2 Å². The lowest BCUT2D eigenvalue weighted by Crippen LogP contribution is -2.38. The van der Waals surface area contributed by atoms with Crippen molar-refractivity contribution in [3.05, 3.63) is 71.0 Å². The number of carbonyl (C=O) groups is 1. The van der Waals surface area contributed by atoms with Crippen LogP contribution in [0.25, 0.3) is 0 Å². The molecule has 0 aliphatic heterocycles.